The lowest BCUT2D eigenvalue weighted by Crippen LogP contribution is -2.51. The van der Waals surface area contributed by atoms with Crippen LogP contribution in [0.4, 0.5) is 0 Å². The van der Waals surface area contributed by atoms with Gasteiger partial charge in [0.05, 0.1) is 16.1 Å². The summed E-state index contributed by atoms with van der Waals surface area (Å²) in [6.45, 7) is 15.7. The molecular formula is C29H40Cl3NO3Si. The fraction of sp³-hybridized carbons (Fsp3) is 0.552. The largest absolute Gasteiger partial charge is 0.541 e. The minimum absolute atomic E-state index is 0.126. The molecule has 1 saturated heterocycles. The van der Waals surface area contributed by atoms with E-state index in [0.717, 1.165) is 12.0 Å². The molecule has 3 rings (SSSR count). The van der Waals surface area contributed by atoms with Gasteiger partial charge in [0, 0.05) is 17.1 Å². The Morgan fingerprint density at radius 3 is 1.92 bits per heavy atom. The summed E-state index contributed by atoms with van der Waals surface area (Å²) in [5, 5.41) is 12.3. The number of piperidine rings is 1. The lowest BCUT2D eigenvalue weighted by Gasteiger charge is -2.42. The van der Waals surface area contributed by atoms with Crippen LogP contribution in [0.25, 0.3) is 0 Å². The zero-order valence-corrected chi connectivity index (χ0v) is 26.2. The predicted molar refractivity (Wildman–Crippen MR) is 158 cm³/mol. The third kappa shape index (κ3) is 6.39. The van der Waals surface area contributed by atoms with E-state index < -0.39 is 20.6 Å². The second-order valence-electron chi connectivity index (χ2n) is 11.2. The van der Waals surface area contributed by atoms with Crippen molar-refractivity contribution in [3.63, 3.8) is 0 Å². The summed E-state index contributed by atoms with van der Waals surface area (Å²) in [6.07, 6.45) is 0.674. The Morgan fingerprint density at radius 2 is 1.46 bits per heavy atom. The van der Waals surface area contributed by atoms with Gasteiger partial charge in [0.25, 0.3) is 8.32 Å². The van der Waals surface area contributed by atoms with E-state index in [2.05, 4.69) is 41.5 Å². The molecule has 1 aliphatic rings. The van der Waals surface area contributed by atoms with Crippen LogP contribution in [0.5, 0.6) is 5.75 Å². The smallest absolute Gasteiger partial charge is 0.258 e. The third-order valence-corrected chi connectivity index (χ3v) is 14.9. The van der Waals surface area contributed by atoms with Gasteiger partial charge in [-0.05, 0) is 72.1 Å². The number of Topliss-reactive ketones (excluding diaryl/α,β-unsaturated/α-hetero) is 1. The van der Waals surface area contributed by atoms with Crippen molar-refractivity contribution in [1.29, 1.82) is 0 Å². The highest BCUT2D eigenvalue weighted by atomic mass is 35.5. The van der Waals surface area contributed by atoms with Crippen molar-refractivity contribution in [2.45, 2.75) is 96.1 Å². The highest BCUT2D eigenvalue weighted by Crippen LogP contribution is 2.46. The first-order valence-electron chi connectivity index (χ1n) is 13.2. The fourth-order valence-corrected chi connectivity index (χ4v) is 12.3. The predicted octanol–water partition coefficient (Wildman–Crippen LogP) is 8.97. The number of halogens is 3. The number of aliphatic hydroxyl groups is 1. The number of hydrogen-bond donors (Lipinski definition) is 1. The maximum Gasteiger partial charge on any atom is 0.258 e. The zero-order chi connectivity index (χ0) is 27.7. The second kappa shape index (κ2) is 12.4. The van der Waals surface area contributed by atoms with Crippen LogP contribution in [0.3, 0.4) is 0 Å². The molecular weight excluding hydrogens is 545 g/mol. The number of carbonyl (C=O) groups excluding carboxylic acids is 1. The molecule has 0 bridgehead atoms. The van der Waals surface area contributed by atoms with Gasteiger partial charge in [-0.1, -0.05) is 88.5 Å². The Morgan fingerprint density at radius 1 is 0.946 bits per heavy atom. The summed E-state index contributed by atoms with van der Waals surface area (Å²) >= 11 is 19.4. The van der Waals surface area contributed by atoms with Crippen LogP contribution in [-0.2, 0) is 0 Å². The summed E-state index contributed by atoms with van der Waals surface area (Å²) in [4.78, 5) is 15.3. The van der Waals surface area contributed by atoms with Crippen molar-refractivity contribution in [2.75, 3.05) is 6.54 Å². The number of carbonyl (C=O) groups is 1. The molecule has 37 heavy (non-hydrogen) atoms. The van der Waals surface area contributed by atoms with E-state index in [0.29, 0.717) is 56.0 Å². The van der Waals surface area contributed by atoms with Crippen LogP contribution in [0.2, 0.25) is 31.7 Å². The van der Waals surface area contributed by atoms with Gasteiger partial charge in [-0.25, -0.2) is 0 Å². The number of nitrogens with zero attached hydrogens (tertiary/aromatic N) is 1. The van der Waals surface area contributed by atoms with Crippen LogP contribution < -0.4 is 4.43 Å². The lowest BCUT2D eigenvalue weighted by molar-refractivity contribution is -0.0460. The van der Waals surface area contributed by atoms with Gasteiger partial charge in [0.1, 0.15) is 12.0 Å². The summed E-state index contributed by atoms with van der Waals surface area (Å²) in [5.41, 5.74) is 2.66. The SMILES string of the molecule is CC(C(=O)c1cc(Cl)c(O[Si](C(C)C)(C(C)C)C(C)C)c(Cl)c1)N1CCC(c2ccc(Cl)cc2)CC1O. The van der Waals surface area contributed by atoms with E-state index in [1.165, 1.54) is 0 Å². The number of aliphatic hydroxyl groups excluding tert-OH is 1. The van der Waals surface area contributed by atoms with Gasteiger partial charge in [0.2, 0.25) is 0 Å². The lowest BCUT2D eigenvalue weighted by atomic mass is 9.87. The molecule has 1 heterocycles. The maximum absolute atomic E-state index is 13.5. The Balaban J connectivity index is 1.79. The van der Waals surface area contributed by atoms with E-state index in [9.17, 15) is 9.90 Å². The Bertz CT molecular complexity index is 1050. The number of hydrogen-bond acceptors (Lipinski definition) is 4. The highest BCUT2D eigenvalue weighted by Gasteiger charge is 2.47. The van der Waals surface area contributed by atoms with E-state index in [1.807, 2.05) is 36.1 Å². The average Bonchev–Trinajstić information content (AvgIpc) is 2.82. The van der Waals surface area contributed by atoms with Gasteiger partial charge < -0.3 is 9.53 Å². The molecule has 4 nitrogen and oxygen atoms in total. The molecule has 2 aromatic carbocycles. The van der Waals surface area contributed by atoms with E-state index in [4.69, 9.17) is 39.2 Å². The number of benzene rings is 2. The molecule has 2 aromatic rings. The minimum atomic E-state index is -2.27. The van der Waals surface area contributed by atoms with E-state index >= 15 is 0 Å². The molecule has 0 aromatic heterocycles. The molecule has 204 valence electrons. The first kappa shape index (κ1) is 30.5. The first-order valence-corrected chi connectivity index (χ1v) is 16.5. The van der Waals surface area contributed by atoms with Gasteiger partial charge in [0.15, 0.2) is 5.78 Å². The summed E-state index contributed by atoms with van der Waals surface area (Å²) < 4.78 is 6.74. The molecule has 8 heteroatoms. The average molecular weight is 585 g/mol. The summed E-state index contributed by atoms with van der Waals surface area (Å²) in [5.74, 6) is 0.567. The maximum atomic E-state index is 13.5. The molecule has 3 unspecified atom stereocenters. The second-order valence-corrected chi connectivity index (χ2v) is 17.8. The first-order chi connectivity index (χ1) is 17.3. The van der Waals surface area contributed by atoms with Gasteiger partial charge in [-0.3, -0.25) is 9.69 Å². The summed E-state index contributed by atoms with van der Waals surface area (Å²) in [7, 11) is -2.27. The minimum Gasteiger partial charge on any atom is -0.541 e. The van der Waals surface area contributed by atoms with Crippen molar-refractivity contribution in [3.8, 4) is 5.75 Å². The van der Waals surface area contributed by atoms with Crippen LogP contribution in [0.1, 0.15) is 83.1 Å². The molecule has 0 amide bonds. The number of likely N-dealkylation sites (tertiary alicyclic amines) is 1. The van der Waals surface area contributed by atoms with Crippen LogP contribution in [0.15, 0.2) is 36.4 Å². The quantitative estimate of drug-likeness (QED) is 0.236. The van der Waals surface area contributed by atoms with E-state index in [1.54, 1.807) is 12.1 Å². The topological polar surface area (TPSA) is 49.8 Å². The van der Waals surface area contributed by atoms with Crippen molar-refractivity contribution in [1.82, 2.24) is 4.90 Å². The molecule has 3 atom stereocenters. The monoisotopic (exact) mass is 583 g/mol. The fourth-order valence-electron chi connectivity index (χ4n) is 6.17. The number of rotatable bonds is 9. The van der Waals surface area contributed by atoms with Crippen molar-refractivity contribution in [2.24, 2.45) is 0 Å². The van der Waals surface area contributed by atoms with Crippen molar-refractivity contribution in [3.05, 3.63) is 62.6 Å². The van der Waals surface area contributed by atoms with E-state index in [-0.39, 0.29) is 11.7 Å². The Labute approximate surface area is 238 Å². The third-order valence-electron chi connectivity index (χ3n) is 8.10. The molecule has 0 aliphatic carbocycles. The van der Waals surface area contributed by atoms with Crippen LogP contribution in [0, 0.1) is 0 Å². The molecule has 0 saturated carbocycles. The highest BCUT2D eigenvalue weighted by molar-refractivity contribution is 6.78. The molecule has 1 fully saturated rings. The van der Waals surface area contributed by atoms with Gasteiger partial charge in [-0.15, -0.1) is 0 Å². The van der Waals surface area contributed by atoms with Crippen molar-refractivity contribution >= 4 is 48.9 Å². The Kier molecular flexibility index (Phi) is 10.2. The molecule has 1 aliphatic heterocycles. The standard InChI is InChI=1S/C29H40Cl3NO3Si/c1-17(2)37(18(3)4,19(5)6)36-29-25(31)14-23(15-26(29)32)28(35)20(7)33-13-12-22(16-27(33)34)21-8-10-24(30)11-9-21/h8-11,14-15,17-20,22,27,34H,12-13,16H2,1-7H3. The molecule has 1 N–H and O–H groups in total. The van der Waals surface area contributed by atoms with Gasteiger partial charge >= 0.3 is 0 Å². The van der Waals surface area contributed by atoms with Crippen LogP contribution >= 0.6 is 34.8 Å². The van der Waals surface area contributed by atoms with Crippen LogP contribution in [-0.4, -0.2) is 42.9 Å². The molecule has 0 radical (unpaired) electrons. The van der Waals surface area contributed by atoms with Gasteiger partial charge in [-0.2, -0.15) is 0 Å². The number of ketones is 1. The zero-order valence-electron chi connectivity index (χ0n) is 22.9. The normalized spacial score (nSPS) is 20.1. The van der Waals surface area contributed by atoms with Crippen molar-refractivity contribution < 1.29 is 14.3 Å². The Hall–Kier alpha value is -1.08. The molecule has 0 spiro atoms. The summed E-state index contributed by atoms with van der Waals surface area (Å²) in [6, 6.07) is 10.6.